The molecule has 2 aliphatic carbocycles. The van der Waals surface area contributed by atoms with Gasteiger partial charge in [0.05, 0.1) is 0 Å². The summed E-state index contributed by atoms with van der Waals surface area (Å²) in [5, 5.41) is 11.2. The highest BCUT2D eigenvalue weighted by atomic mass is 16.4. The minimum absolute atomic E-state index is 0.353. The summed E-state index contributed by atoms with van der Waals surface area (Å²) in [6.07, 6.45) is 4.75. The summed E-state index contributed by atoms with van der Waals surface area (Å²) in [4.78, 5) is 21.4. The van der Waals surface area contributed by atoms with E-state index in [0.29, 0.717) is 12.5 Å². The molecule has 0 saturated heterocycles. The van der Waals surface area contributed by atoms with Crippen molar-refractivity contribution >= 4 is 11.9 Å². The molecule has 4 heteroatoms. The van der Waals surface area contributed by atoms with Gasteiger partial charge in [-0.05, 0) is 43.4 Å². The third-order valence-electron chi connectivity index (χ3n) is 3.30. The maximum Gasteiger partial charge on any atom is 0.312 e. The fourth-order valence-electron chi connectivity index (χ4n) is 2.20. The first-order valence-electron chi connectivity index (χ1n) is 5.65. The van der Waals surface area contributed by atoms with Gasteiger partial charge in [-0.25, -0.2) is 0 Å². The zero-order valence-electron chi connectivity index (χ0n) is 8.74. The molecule has 2 aliphatic rings. The molecular weight excluding hydrogens is 194 g/mol. The van der Waals surface area contributed by atoms with E-state index in [4.69, 9.17) is 5.11 Å². The fourth-order valence-corrected chi connectivity index (χ4v) is 2.20. The number of carboxylic acid groups (broad SMARTS) is 1. The summed E-state index contributed by atoms with van der Waals surface area (Å²) < 4.78 is 0. The van der Waals surface area contributed by atoms with Gasteiger partial charge in [0.25, 0.3) is 0 Å². The molecule has 0 spiro atoms. The second-order valence-corrected chi connectivity index (χ2v) is 4.71. The SMILES string of the molecule is O=C(O)CC(=O)NCC(C1CC1)C1CC1. The Kier molecular flexibility index (Phi) is 2.93. The standard InChI is InChI=1S/C11H17NO3/c13-10(5-11(14)15)12-6-9(7-1-2-7)8-3-4-8/h7-9H,1-6H2,(H,12,13)(H,14,15). The first-order chi connectivity index (χ1) is 7.16. The van der Waals surface area contributed by atoms with Crippen LogP contribution in [0.25, 0.3) is 0 Å². The number of rotatable bonds is 6. The van der Waals surface area contributed by atoms with Crippen LogP contribution >= 0.6 is 0 Å². The molecule has 15 heavy (non-hydrogen) atoms. The first kappa shape index (κ1) is 10.5. The lowest BCUT2D eigenvalue weighted by atomic mass is 9.98. The van der Waals surface area contributed by atoms with Crippen LogP contribution in [-0.4, -0.2) is 23.5 Å². The Morgan fingerprint density at radius 1 is 1.20 bits per heavy atom. The third kappa shape index (κ3) is 3.22. The molecule has 0 aromatic rings. The lowest BCUT2D eigenvalue weighted by Gasteiger charge is -2.15. The van der Waals surface area contributed by atoms with E-state index >= 15 is 0 Å². The topological polar surface area (TPSA) is 66.4 Å². The maximum absolute atomic E-state index is 11.2. The highest BCUT2D eigenvalue weighted by molar-refractivity contribution is 5.93. The van der Waals surface area contributed by atoms with E-state index in [1.54, 1.807) is 0 Å². The quantitative estimate of drug-likeness (QED) is 0.644. The van der Waals surface area contributed by atoms with Gasteiger partial charge in [-0.3, -0.25) is 9.59 Å². The van der Waals surface area contributed by atoms with Crippen molar-refractivity contribution in [1.29, 1.82) is 0 Å². The first-order valence-corrected chi connectivity index (χ1v) is 5.65. The highest BCUT2D eigenvalue weighted by Gasteiger charge is 2.41. The smallest absolute Gasteiger partial charge is 0.312 e. The maximum atomic E-state index is 11.2. The van der Waals surface area contributed by atoms with Crippen molar-refractivity contribution < 1.29 is 14.7 Å². The molecule has 84 valence electrons. The third-order valence-corrected chi connectivity index (χ3v) is 3.30. The summed E-state index contributed by atoms with van der Waals surface area (Å²) in [7, 11) is 0. The number of hydrogen-bond donors (Lipinski definition) is 2. The normalized spacial score (nSPS) is 20.3. The van der Waals surface area contributed by atoms with Crippen LogP contribution in [0.4, 0.5) is 0 Å². The molecule has 1 amide bonds. The molecule has 2 N–H and O–H groups in total. The average Bonchev–Trinajstić information content (AvgIpc) is 2.99. The second kappa shape index (κ2) is 4.21. The van der Waals surface area contributed by atoms with E-state index in [9.17, 15) is 9.59 Å². The van der Waals surface area contributed by atoms with Gasteiger partial charge in [0.15, 0.2) is 0 Å². The van der Waals surface area contributed by atoms with Crippen LogP contribution in [0.3, 0.4) is 0 Å². The molecule has 0 radical (unpaired) electrons. The second-order valence-electron chi connectivity index (χ2n) is 4.71. The Morgan fingerprint density at radius 2 is 1.73 bits per heavy atom. The molecule has 0 bridgehead atoms. The molecule has 4 nitrogen and oxygen atoms in total. The predicted molar refractivity (Wildman–Crippen MR) is 54.2 cm³/mol. The van der Waals surface area contributed by atoms with Gasteiger partial charge >= 0.3 is 5.97 Å². The number of aliphatic carboxylic acids is 1. The molecule has 0 aromatic carbocycles. The Bertz CT molecular complexity index is 257. The van der Waals surface area contributed by atoms with Crippen LogP contribution in [0.1, 0.15) is 32.1 Å². The van der Waals surface area contributed by atoms with Crippen LogP contribution < -0.4 is 5.32 Å². The number of hydrogen-bond acceptors (Lipinski definition) is 2. The van der Waals surface area contributed by atoms with E-state index in [-0.39, 0.29) is 5.91 Å². The van der Waals surface area contributed by atoms with Crippen molar-refractivity contribution in [3.05, 3.63) is 0 Å². The van der Waals surface area contributed by atoms with Crippen molar-refractivity contribution in [3.8, 4) is 0 Å². The number of carbonyl (C=O) groups is 2. The molecule has 0 aliphatic heterocycles. The molecule has 0 heterocycles. The van der Waals surface area contributed by atoms with Crippen molar-refractivity contribution in [2.45, 2.75) is 32.1 Å². The Hall–Kier alpha value is -1.06. The summed E-state index contributed by atoms with van der Waals surface area (Å²) >= 11 is 0. The van der Waals surface area contributed by atoms with Crippen molar-refractivity contribution in [1.82, 2.24) is 5.32 Å². The van der Waals surface area contributed by atoms with Crippen LogP contribution in [0, 0.1) is 17.8 Å². The van der Waals surface area contributed by atoms with Crippen LogP contribution in [0.5, 0.6) is 0 Å². The molecular formula is C11H17NO3. The minimum Gasteiger partial charge on any atom is -0.481 e. The van der Waals surface area contributed by atoms with Crippen LogP contribution in [0.15, 0.2) is 0 Å². The molecule has 0 aromatic heterocycles. The summed E-state index contributed by atoms with van der Waals surface area (Å²) in [5.41, 5.74) is 0. The van der Waals surface area contributed by atoms with E-state index in [1.165, 1.54) is 25.7 Å². The fraction of sp³-hybridized carbons (Fsp3) is 0.818. The van der Waals surface area contributed by atoms with Gasteiger partial charge < -0.3 is 10.4 Å². The number of carboxylic acids is 1. The van der Waals surface area contributed by atoms with E-state index in [1.807, 2.05) is 0 Å². The molecule has 0 atom stereocenters. The van der Waals surface area contributed by atoms with Crippen LogP contribution in [-0.2, 0) is 9.59 Å². The molecule has 2 rings (SSSR count). The number of carbonyl (C=O) groups excluding carboxylic acids is 1. The zero-order valence-corrected chi connectivity index (χ0v) is 8.74. The highest BCUT2D eigenvalue weighted by Crippen LogP contribution is 2.48. The monoisotopic (exact) mass is 211 g/mol. The summed E-state index contributed by atoms with van der Waals surface area (Å²) in [6.45, 7) is 0.682. The van der Waals surface area contributed by atoms with Gasteiger partial charge in [-0.2, -0.15) is 0 Å². The molecule has 2 saturated carbocycles. The van der Waals surface area contributed by atoms with Gasteiger partial charge in [-0.1, -0.05) is 0 Å². The summed E-state index contributed by atoms with van der Waals surface area (Å²) in [5.74, 6) is 0.795. The van der Waals surface area contributed by atoms with Crippen molar-refractivity contribution in [2.75, 3.05) is 6.54 Å². The van der Waals surface area contributed by atoms with Gasteiger partial charge in [0.2, 0.25) is 5.91 Å². The predicted octanol–water partition coefficient (Wildman–Crippen LogP) is 1.01. The summed E-state index contributed by atoms with van der Waals surface area (Å²) in [6, 6.07) is 0. The molecule has 0 unspecified atom stereocenters. The van der Waals surface area contributed by atoms with Crippen molar-refractivity contribution in [2.24, 2.45) is 17.8 Å². The average molecular weight is 211 g/mol. The Labute approximate surface area is 89.0 Å². The van der Waals surface area contributed by atoms with Crippen molar-refractivity contribution in [3.63, 3.8) is 0 Å². The lowest BCUT2D eigenvalue weighted by Crippen LogP contribution is -2.32. The molecule has 2 fully saturated rings. The zero-order chi connectivity index (χ0) is 10.8. The minimum atomic E-state index is -1.05. The van der Waals surface area contributed by atoms with Gasteiger partial charge in [-0.15, -0.1) is 0 Å². The Balaban J connectivity index is 1.70. The number of amides is 1. The van der Waals surface area contributed by atoms with E-state index in [0.717, 1.165) is 11.8 Å². The van der Waals surface area contributed by atoms with Gasteiger partial charge in [0.1, 0.15) is 6.42 Å². The van der Waals surface area contributed by atoms with Crippen LogP contribution in [0.2, 0.25) is 0 Å². The Morgan fingerprint density at radius 3 is 2.13 bits per heavy atom. The largest absolute Gasteiger partial charge is 0.481 e. The van der Waals surface area contributed by atoms with E-state index in [2.05, 4.69) is 5.32 Å². The number of nitrogens with one attached hydrogen (secondary N) is 1. The van der Waals surface area contributed by atoms with Gasteiger partial charge in [0, 0.05) is 6.54 Å². The lowest BCUT2D eigenvalue weighted by molar-refractivity contribution is -0.140. The van der Waals surface area contributed by atoms with E-state index < -0.39 is 12.4 Å².